The van der Waals surface area contributed by atoms with Crippen molar-refractivity contribution in [2.24, 2.45) is 0 Å². The maximum atomic E-state index is 10.7. The van der Waals surface area contributed by atoms with E-state index in [0.29, 0.717) is 0 Å². The van der Waals surface area contributed by atoms with Gasteiger partial charge in [-0.25, -0.2) is 4.79 Å². The minimum absolute atomic E-state index is 0.0869. The van der Waals surface area contributed by atoms with Crippen molar-refractivity contribution < 1.29 is 27.1 Å². The van der Waals surface area contributed by atoms with E-state index in [1.165, 1.54) is 25.1 Å². The van der Waals surface area contributed by atoms with Gasteiger partial charge in [0.25, 0.3) is 0 Å². The number of carboxylic acid groups (broad SMARTS) is 1. The van der Waals surface area contributed by atoms with Crippen molar-refractivity contribution in [2.75, 3.05) is 0 Å². The van der Waals surface area contributed by atoms with Gasteiger partial charge in [0.1, 0.15) is 5.75 Å². The molecule has 0 fully saturated rings. The molecule has 6 nitrogen and oxygen atoms in total. The molecule has 1 rings (SSSR count). The van der Waals surface area contributed by atoms with E-state index in [2.05, 4.69) is 4.18 Å². The first-order valence-electron chi connectivity index (χ1n) is 3.81. The summed E-state index contributed by atoms with van der Waals surface area (Å²) in [6.07, 6.45) is 0. The van der Waals surface area contributed by atoms with E-state index in [0.717, 1.165) is 0 Å². The smallest absolute Gasteiger partial charge is 0.446 e. The summed E-state index contributed by atoms with van der Waals surface area (Å²) in [5.74, 6) is -1.41. The highest BCUT2D eigenvalue weighted by Gasteiger charge is 2.14. The molecule has 0 heterocycles. The van der Waals surface area contributed by atoms with E-state index < -0.39 is 16.4 Å². The minimum Gasteiger partial charge on any atom is -0.478 e. The van der Waals surface area contributed by atoms with Crippen molar-refractivity contribution in [1.29, 1.82) is 0 Å². The quantitative estimate of drug-likeness (QED) is 0.750. The molecule has 0 unspecified atom stereocenters. The fourth-order valence-corrected chi connectivity index (χ4v) is 1.46. The third kappa shape index (κ3) is 2.93. The predicted octanol–water partition coefficient (Wildman–Crippen LogP) is 0.875. The molecule has 0 saturated carbocycles. The zero-order valence-electron chi connectivity index (χ0n) is 7.67. The second kappa shape index (κ2) is 3.87. The molecule has 0 saturated heterocycles. The van der Waals surface area contributed by atoms with Gasteiger partial charge in [-0.2, -0.15) is 8.42 Å². The highest BCUT2D eigenvalue weighted by Crippen LogP contribution is 2.22. The van der Waals surface area contributed by atoms with Crippen LogP contribution in [0.2, 0.25) is 0 Å². The number of hydrogen-bond acceptors (Lipinski definition) is 4. The molecule has 0 amide bonds. The van der Waals surface area contributed by atoms with E-state index >= 15 is 0 Å². The van der Waals surface area contributed by atoms with Crippen LogP contribution in [-0.4, -0.2) is 24.0 Å². The first kappa shape index (κ1) is 11.5. The summed E-state index contributed by atoms with van der Waals surface area (Å²) in [5, 5.41) is 8.72. The number of carbonyl (C=O) groups is 1. The molecule has 7 heteroatoms. The van der Waals surface area contributed by atoms with Crippen LogP contribution in [0.5, 0.6) is 5.75 Å². The zero-order valence-corrected chi connectivity index (χ0v) is 8.48. The largest absolute Gasteiger partial charge is 0.478 e. The highest BCUT2D eigenvalue weighted by molar-refractivity contribution is 7.81. The van der Waals surface area contributed by atoms with Gasteiger partial charge in [-0.1, -0.05) is 6.07 Å². The van der Waals surface area contributed by atoms with Crippen LogP contribution < -0.4 is 4.18 Å². The normalized spacial score (nSPS) is 11.1. The Kier molecular flexibility index (Phi) is 2.96. The molecule has 0 aliphatic carbocycles. The van der Waals surface area contributed by atoms with Crippen LogP contribution in [0.1, 0.15) is 15.9 Å². The first-order valence-corrected chi connectivity index (χ1v) is 5.17. The lowest BCUT2D eigenvalue weighted by Crippen LogP contribution is -2.09. The monoisotopic (exact) mass is 232 g/mol. The van der Waals surface area contributed by atoms with Gasteiger partial charge in [0.05, 0.1) is 5.56 Å². The zero-order chi connectivity index (χ0) is 11.6. The number of rotatable bonds is 3. The van der Waals surface area contributed by atoms with Gasteiger partial charge >= 0.3 is 16.4 Å². The average molecular weight is 232 g/mol. The van der Waals surface area contributed by atoms with Gasteiger partial charge in [-0.3, -0.25) is 4.55 Å². The van der Waals surface area contributed by atoms with Gasteiger partial charge in [-0.05, 0) is 19.1 Å². The molecule has 0 atom stereocenters. The molecule has 0 aliphatic rings. The van der Waals surface area contributed by atoms with Crippen molar-refractivity contribution in [3.63, 3.8) is 0 Å². The molecule has 0 aromatic heterocycles. The SMILES string of the molecule is Cc1c(OS(=O)(=O)O)cccc1C(=O)O. The van der Waals surface area contributed by atoms with Gasteiger partial charge in [0, 0.05) is 5.56 Å². The fourth-order valence-electron chi connectivity index (χ4n) is 1.05. The molecule has 0 aliphatic heterocycles. The van der Waals surface area contributed by atoms with E-state index in [-0.39, 0.29) is 16.9 Å². The van der Waals surface area contributed by atoms with Crippen LogP contribution in [0.25, 0.3) is 0 Å². The van der Waals surface area contributed by atoms with E-state index in [1.807, 2.05) is 0 Å². The Morgan fingerprint density at radius 3 is 2.47 bits per heavy atom. The van der Waals surface area contributed by atoms with Crippen LogP contribution >= 0.6 is 0 Å². The van der Waals surface area contributed by atoms with E-state index in [4.69, 9.17) is 9.66 Å². The summed E-state index contributed by atoms with van der Waals surface area (Å²) in [5.41, 5.74) is 0.0405. The van der Waals surface area contributed by atoms with Crippen molar-refractivity contribution in [1.82, 2.24) is 0 Å². The number of hydrogen-bond donors (Lipinski definition) is 2. The topological polar surface area (TPSA) is 101 Å². The third-order valence-electron chi connectivity index (χ3n) is 1.71. The Bertz CT molecular complexity index is 490. The lowest BCUT2D eigenvalue weighted by molar-refractivity contribution is 0.0695. The number of aromatic carboxylic acids is 1. The molecule has 0 bridgehead atoms. The van der Waals surface area contributed by atoms with E-state index in [1.54, 1.807) is 0 Å². The summed E-state index contributed by atoms with van der Waals surface area (Å²) >= 11 is 0. The predicted molar refractivity (Wildman–Crippen MR) is 50.3 cm³/mol. The Hall–Kier alpha value is -1.60. The van der Waals surface area contributed by atoms with Crippen molar-refractivity contribution in [2.45, 2.75) is 6.92 Å². The Morgan fingerprint density at radius 2 is 2.00 bits per heavy atom. The lowest BCUT2D eigenvalue weighted by atomic mass is 10.1. The summed E-state index contributed by atoms with van der Waals surface area (Å²) in [6.45, 7) is 1.38. The summed E-state index contributed by atoms with van der Waals surface area (Å²) < 4.78 is 33.5. The maximum absolute atomic E-state index is 10.7. The number of benzene rings is 1. The third-order valence-corrected chi connectivity index (χ3v) is 2.10. The Labute approximate surface area is 86.1 Å². The summed E-state index contributed by atoms with van der Waals surface area (Å²) in [6, 6.07) is 3.86. The van der Waals surface area contributed by atoms with Crippen LogP contribution in [0.15, 0.2) is 18.2 Å². The van der Waals surface area contributed by atoms with Crippen LogP contribution in [0, 0.1) is 6.92 Å². The molecular weight excluding hydrogens is 224 g/mol. The van der Waals surface area contributed by atoms with Crippen molar-refractivity contribution in [3.05, 3.63) is 29.3 Å². The second-order valence-electron chi connectivity index (χ2n) is 2.74. The molecule has 2 N–H and O–H groups in total. The van der Waals surface area contributed by atoms with Crippen molar-refractivity contribution >= 4 is 16.4 Å². The Balaban J connectivity index is 3.22. The molecular formula is C8H8O6S. The summed E-state index contributed by atoms with van der Waals surface area (Å²) in [7, 11) is -4.64. The van der Waals surface area contributed by atoms with Crippen LogP contribution in [-0.2, 0) is 10.4 Å². The van der Waals surface area contributed by atoms with Crippen LogP contribution in [0.3, 0.4) is 0 Å². The second-order valence-corrected chi connectivity index (χ2v) is 3.77. The van der Waals surface area contributed by atoms with Gasteiger partial charge in [0.2, 0.25) is 0 Å². The Morgan fingerprint density at radius 1 is 1.40 bits per heavy atom. The molecule has 0 spiro atoms. The summed E-state index contributed by atoms with van der Waals surface area (Å²) in [4.78, 5) is 10.7. The fraction of sp³-hybridized carbons (Fsp3) is 0.125. The van der Waals surface area contributed by atoms with E-state index in [9.17, 15) is 13.2 Å². The highest BCUT2D eigenvalue weighted by atomic mass is 32.3. The number of carboxylic acids is 1. The first-order chi connectivity index (χ1) is 6.81. The standard InChI is InChI=1S/C8H8O6S/c1-5-6(8(9)10)3-2-4-7(5)14-15(11,12)13/h2-4H,1H3,(H,9,10)(H,11,12,13). The lowest BCUT2D eigenvalue weighted by Gasteiger charge is -2.06. The minimum atomic E-state index is -4.64. The molecule has 1 aromatic carbocycles. The van der Waals surface area contributed by atoms with Crippen LogP contribution in [0.4, 0.5) is 0 Å². The van der Waals surface area contributed by atoms with Gasteiger partial charge < -0.3 is 9.29 Å². The molecule has 0 radical (unpaired) electrons. The molecule has 82 valence electrons. The molecule has 15 heavy (non-hydrogen) atoms. The molecule has 1 aromatic rings. The average Bonchev–Trinajstić information content (AvgIpc) is 2.05. The van der Waals surface area contributed by atoms with Crippen molar-refractivity contribution in [3.8, 4) is 5.75 Å². The van der Waals surface area contributed by atoms with Gasteiger partial charge in [-0.15, -0.1) is 0 Å². The maximum Gasteiger partial charge on any atom is 0.446 e. The van der Waals surface area contributed by atoms with Gasteiger partial charge in [0.15, 0.2) is 0 Å².